The van der Waals surface area contributed by atoms with Crippen LogP contribution in [0.2, 0.25) is 0 Å². The van der Waals surface area contributed by atoms with Crippen LogP contribution in [0.25, 0.3) is 0 Å². The molecule has 0 radical (unpaired) electrons. The number of rotatable bonds is 4. The first-order chi connectivity index (χ1) is 6.24. The molecule has 1 aromatic carbocycles. The summed E-state index contributed by atoms with van der Waals surface area (Å²) in [5, 5.41) is 19.5. The van der Waals surface area contributed by atoms with Crippen LogP contribution < -0.4 is 5.30 Å². The lowest BCUT2D eigenvalue weighted by molar-refractivity contribution is 0.464. The van der Waals surface area contributed by atoms with E-state index in [0.717, 1.165) is 11.5 Å². The fourth-order valence-electron chi connectivity index (χ4n) is 1.07. The van der Waals surface area contributed by atoms with Crippen LogP contribution in [0.1, 0.15) is 19.8 Å². The minimum Gasteiger partial charge on any atom is -0.508 e. The van der Waals surface area contributed by atoms with E-state index in [1.807, 2.05) is 0 Å². The largest absolute Gasteiger partial charge is 0.508 e. The maximum absolute atomic E-state index is 9.43. The van der Waals surface area contributed by atoms with Gasteiger partial charge in [-0.05, 0) is 30.8 Å². The molecule has 1 unspecified atom stereocenters. The van der Waals surface area contributed by atoms with E-state index < -0.39 is 0 Å². The third kappa shape index (κ3) is 3.23. The molecule has 0 saturated heterocycles. The molecular weight excluding hydrogens is 183 g/mol. The van der Waals surface area contributed by atoms with Gasteiger partial charge in [-0.25, -0.2) is 0 Å². The van der Waals surface area contributed by atoms with Crippen molar-refractivity contribution >= 4 is 13.9 Å². The quantitative estimate of drug-likeness (QED) is 0.442. The van der Waals surface area contributed by atoms with Crippen molar-refractivity contribution in [1.29, 1.82) is 0 Å². The lowest BCUT2D eigenvalue weighted by Crippen LogP contribution is -1.95. The molecule has 0 fully saturated rings. The predicted octanol–water partition coefficient (Wildman–Crippen LogP) is 2.20. The monoisotopic (exact) mass is 198 g/mol. The van der Waals surface area contributed by atoms with Gasteiger partial charge >= 0.3 is 0 Å². The van der Waals surface area contributed by atoms with Crippen molar-refractivity contribution in [2.45, 2.75) is 19.8 Å². The first-order valence-electron chi connectivity index (χ1n) is 4.50. The lowest BCUT2D eigenvalue weighted by atomic mass is 10.3. The van der Waals surface area contributed by atoms with Crippen LogP contribution >= 0.6 is 8.58 Å². The standard InChI is InChI=1S/C10H15O2P/c1-2-3-6-13-10-7-8(11)4-5-9(10)12/h4-5,7,11-13H,2-3,6H2,1H3. The third-order valence-electron chi connectivity index (χ3n) is 1.83. The molecule has 0 aliphatic rings. The maximum atomic E-state index is 9.43. The van der Waals surface area contributed by atoms with Gasteiger partial charge in [-0.3, -0.25) is 0 Å². The summed E-state index contributed by atoms with van der Waals surface area (Å²) in [6, 6.07) is 4.69. The summed E-state index contributed by atoms with van der Waals surface area (Å²) in [6.07, 6.45) is 3.44. The molecule has 13 heavy (non-hydrogen) atoms. The summed E-state index contributed by atoms with van der Waals surface area (Å²) in [5.74, 6) is 0.532. The molecule has 3 heteroatoms. The van der Waals surface area contributed by atoms with E-state index in [-0.39, 0.29) is 5.75 Å². The normalized spacial score (nSPS) is 11.2. The molecular formula is C10H15O2P. The second-order valence-electron chi connectivity index (χ2n) is 2.98. The van der Waals surface area contributed by atoms with Crippen molar-refractivity contribution in [3.8, 4) is 11.5 Å². The van der Waals surface area contributed by atoms with E-state index >= 15 is 0 Å². The SMILES string of the molecule is CCCCPc1cc(O)ccc1O. The Balaban J connectivity index is 2.59. The molecule has 0 spiro atoms. The van der Waals surface area contributed by atoms with E-state index in [1.165, 1.54) is 18.9 Å². The molecule has 0 aliphatic heterocycles. The molecule has 72 valence electrons. The molecule has 0 bridgehead atoms. The van der Waals surface area contributed by atoms with Crippen molar-refractivity contribution in [3.05, 3.63) is 18.2 Å². The van der Waals surface area contributed by atoms with Gasteiger partial charge in [0.1, 0.15) is 11.5 Å². The van der Waals surface area contributed by atoms with Crippen molar-refractivity contribution in [3.63, 3.8) is 0 Å². The van der Waals surface area contributed by atoms with Crippen LogP contribution in [0, 0.1) is 0 Å². The highest BCUT2D eigenvalue weighted by atomic mass is 31.1. The Labute approximate surface area is 80.4 Å². The number of hydrogen-bond donors (Lipinski definition) is 2. The first kappa shape index (κ1) is 10.3. The van der Waals surface area contributed by atoms with E-state index in [0.29, 0.717) is 14.3 Å². The highest BCUT2D eigenvalue weighted by Crippen LogP contribution is 2.22. The summed E-state index contributed by atoms with van der Waals surface area (Å²) in [7, 11) is 0.597. The van der Waals surface area contributed by atoms with Crippen LogP contribution in [0.4, 0.5) is 0 Å². The van der Waals surface area contributed by atoms with Crippen molar-refractivity contribution in [1.82, 2.24) is 0 Å². The summed E-state index contributed by atoms with van der Waals surface area (Å²) >= 11 is 0. The van der Waals surface area contributed by atoms with Gasteiger partial charge in [-0.1, -0.05) is 21.9 Å². The van der Waals surface area contributed by atoms with Crippen molar-refractivity contribution in [2.24, 2.45) is 0 Å². The maximum Gasteiger partial charge on any atom is 0.123 e. The highest BCUT2D eigenvalue weighted by Gasteiger charge is 2.01. The lowest BCUT2D eigenvalue weighted by Gasteiger charge is -2.04. The van der Waals surface area contributed by atoms with Gasteiger partial charge in [0.2, 0.25) is 0 Å². The minimum atomic E-state index is 0.233. The van der Waals surface area contributed by atoms with Gasteiger partial charge in [-0.2, -0.15) is 0 Å². The van der Waals surface area contributed by atoms with E-state index in [9.17, 15) is 10.2 Å². The van der Waals surface area contributed by atoms with Crippen LogP contribution in [0.3, 0.4) is 0 Å². The molecule has 2 N–H and O–H groups in total. The molecule has 1 aromatic rings. The Kier molecular flexibility index (Phi) is 4.04. The molecule has 0 saturated carbocycles. The Morgan fingerprint density at radius 1 is 1.31 bits per heavy atom. The molecule has 0 amide bonds. The van der Waals surface area contributed by atoms with E-state index in [1.54, 1.807) is 12.1 Å². The molecule has 0 aliphatic carbocycles. The minimum absolute atomic E-state index is 0.233. The molecule has 1 atom stereocenters. The van der Waals surface area contributed by atoms with Crippen LogP contribution in [-0.2, 0) is 0 Å². The fourth-order valence-corrected chi connectivity index (χ4v) is 2.38. The second kappa shape index (κ2) is 5.08. The van der Waals surface area contributed by atoms with Crippen molar-refractivity contribution in [2.75, 3.05) is 6.16 Å². The summed E-state index contributed by atoms with van der Waals surface area (Å²) in [4.78, 5) is 0. The molecule has 1 rings (SSSR count). The first-order valence-corrected chi connectivity index (χ1v) is 5.70. The number of phenols is 2. The van der Waals surface area contributed by atoms with Gasteiger partial charge in [0, 0.05) is 5.30 Å². The van der Waals surface area contributed by atoms with Crippen LogP contribution in [0.15, 0.2) is 18.2 Å². The van der Waals surface area contributed by atoms with Crippen molar-refractivity contribution < 1.29 is 10.2 Å². The van der Waals surface area contributed by atoms with Gasteiger partial charge in [0.05, 0.1) is 0 Å². The fraction of sp³-hybridized carbons (Fsp3) is 0.400. The topological polar surface area (TPSA) is 40.5 Å². The van der Waals surface area contributed by atoms with Crippen LogP contribution in [-0.4, -0.2) is 16.4 Å². The van der Waals surface area contributed by atoms with Gasteiger partial charge in [0.25, 0.3) is 0 Å². The molecule has 2 nitrogen and oxygen atoms in total. The summed E-state index contributed by atoms with van der Waals surface area (Å²) in [5.41, 5.74) is 0. The number of aromatic hydroxyl groups is 2. The van der Waals surface area contributed by atoms with Gasteiger partial charge in [0.15, 0.2) is 0 Å². The second-order valence-corrected chi connectivity index (χ2v) is 4.37. The smallest absolute Gasteiger partial charge is 0.123 e. The number of unbranched alkanes of at least 4 members (excludes halogenated alkanes) is 1. The average Bonchev–Trinajstić information content (AvgIpc) is 2.11. The Morgan fingerprint density at radius 3 is 2.77 bits per heavy atom. The molecule has 0 heterocycles. The van der Waals surface area contributed by atoms with E-state index in [2.05, 4.69) is 6.92 Å². The van der Waals surface area contributed by atoms with Gasteiger partial charge < -0.3 is 10.2 Å². The summed E-state index contributed by atoms with van der Waals surface area (Å²) in [6.45, 7) is 2.15. The summed E-state index contributed by atoms with van der Waals surface area (Å²) < 4.78 is 0. The zero-order valence-corrected chi connectivity index (χ0v) is 8.75. The highest BCUT2D eigenvalue weighted by molar-refractivity contribution is 7.47. The number of phenolic OH excluding ortho intramolecular Hbond substituents is 2. The van der Waals surface area contributed by atoms with E-state index in [4.69, 9.17) is 0 Å². The number of hydrogen-bond acceptors (Lipinski definition) is 2. The number of benzene rings is 1. The zero-order chi connectivity index (χ0) is 9.68. The van der Waals surface area contributed by atoms with Crippen LogP contribution in [0.5, 0.6) is 11.5 Å². The average molecular weight is 198 g/mol. The predicted molar refractivity (Wildman–Crippen MR) is 57.5 cm³/mol. The van der Waals surface area contributed by atoms with Gasteiger partial charge in [-0.15, -0.1) is 0 Å². The third-order valence-corrected chi connectivity index (χ3v) is 3.21. The Bertz CT molecular complexity index is 274. The zero-order valence-electron chi connectivity index (χ0n) is 7.75. The molecule has 0 aromatic heterocycles. The Morgan fingerprint density at radius 2 is 2.08 bits per heavy atom. The Hall–Kier alpha value is -0.750.